The summed E-state index contributed by atoms with van der Waals surface area (Å²) in [4.78, 5) is 35.2. The van der Waals surface area contributed by atoms with E-state index in [1.165, 1.54) is 27.9 Å². The van der Waals surface area contributed by atoms with Gasteiger partial charge in [-0.2, -0.15) is 5.26 Å². The van der Waals surface area contributed by atoms with Crippen LogP contribution in [0.25, 0.3) is 10.2 Å². The second-order valence-corrected chi connectivity index (χ2v) is 15.1. The first-order chi connectivity index (χ1) is 19.2. The van der Waals surface area contributed by atoms with Crippen molar-refractivity contribution >= 4 is 55.6 Å². The molecule has 214 valence electrons. The first-order valence-corrected chi connectivity index (χ1v) is 17.3. The highest BCUT2D eigenvalue weighted by atomic mass is 32.2. The quantitative estimate of drug-likeness (QED) is 0.210. The summed E-state index contributed by atoms with van der Waals surface area (Å²) in [5, 5.41) is 15.1. The number of anilines is 1. The Morgan fingerprint density at radius 3 is 2.62 bits per heavy atom. The number of thioether (sulfide) groups is 1. The molecule has 6 nitrogen and oxygen atoms in total. The van der Waals surface area contributed by atoms with Crippen LogP contribution in [0, 0.1) is 29.6 Å². The van der Waals surface area contributed by atoms with Gasteiger partial charge < -0.3 is 5.32 Å². The number of aryl methyl sites for hydroxylation is 2. The minimum absolute atomic E-state index is 0.0375. The molecular formula is C31H40N4O2S3. The lowest BCUT2D eigenvalue weighted by Gasteiger charge is -2.36. The number of amides is 1. The smallest absolute Gasteiger partial charge is 0.263 e. The van der Waals surface area contributed by atoms with Crippen LogP contribution >= 0.6 is 34.4 Å². The van der Waals surface area contributed by atoms with E-state index >= 15 is 0 Å². The van der Waals surface area contributed by atoms with Gasteiger partial charge in [-0.25, -0.2) is 4.98 Å². The van der Waals surface area contributed by atoms with E-state index in [1.54, 1.807) is 22.7 Å². The minimum Gasteiger partial charge on any atom is -0.316 e. The molecule has 0 saturated heterocycles. The number of hydrogen-bond acceptors (Lipinski definition) is 7. The first-order valence-electron chi connectivity index (χ1n) is 14.7. The highest BCUT2D eigenvalue weighted by Gasteiger charge is 2.34. The highest BCUT2D eigenvalue weighted by Crippen LogP contribution is 2.45. The molecule has 0 bridgehead atoms. The zero-order valence-corrected chi connectivity index (χ0v) is 26.8. The molecule has 1 saturated carbocycles. The van der Waals surface area contributed by atoms with Gasteiger partial charge in [0.05, 0.1) is 16.7 Å². The van der Waals surface area contributed by atoms with E-state index in [0.717, 1.165) is 79.1 Å². The average molecular weight is 597 g/mol. The lowest BCUT2D eigenvalue weighted by Crippen LogP contribution is -2.29. The fraction of sp³-hybridized carbons (Fsp3) is 0.613. The second-order valence-electron chi connectivity index (χ2n) is 12.0. The summed E-state index contributed by atoms with van der Waals surface area (Å²) in [5.41, 5.74) is 3.10. The van der Waals surface area contributed by atoms with Crippen molar-refractivity contribution in [3.05, 3.63) is 36.8 Å². The van der Waals surface area contributed by atoms with Gasteiger partial charge in [0.1, 0.15) is 15.9 Å². The Bertz CT molecular complexity index is 1520. The highest BCUT2D eigenvalue weighted by molar-refractivity contribution is 7.99. The largest absolute Gasteiger partial charge is 0.316 e. The van der Waals surface area contributed by atoms with Crippen LogP contribution in [-0.2, 0) is 24.1 Å². The van der Waals surface area contributed by atoms with Crippen molar-refractivity contribution in [2.24, 2.45) is 11.3 Å². The van der Waals surface area contributed by atoms with E-state index in [0.29, 0.717) is 21.6 Å². The molecule has 1 atom stereocenters. The molecule has 3 heterocycles. The van der Waals surface area contributed by atoms with Crippen LogP contribution < -0.4 is 10.9 Å². The lowest BCUT2D eigenvalue weighted by molar-refractivity contribution is -0.113. The van der Waals surface area contributed by atoms with Crippen molar-refractivity contribution in [3.8, 4) is 6.07 Å². The average Bonchev–Trinajstić information content (AvgIpc) is 3.47. The molecule has 0 aromatic carbocycles. The Morgan fingerprint density at radius 2 is 1.95 bits per heavy atom. The van der Waals surface area contributed by atoms with Gasteiger partial charge in [-0.05, 0) is 67.9 Å². The van der Waals surface area contributed by atoms with Gasteiger partial charge in [0, 0.05) is 15.8 Å². The number of carbonyl (C=O) groups excluding carboxylic acids is 1. The van der Waals surface area contributed by atoms with Crippen molar-refractivity contribution < 1.29 is 4.79 Å². The van der Waals surface area contributed by atoms with Crippen molar-refractivity contribution in [2.75, 3.05) is 11.1 Å². The number of thiophene rings is 2. The summed E-state index contributed by atoms with van der Waals surface area (Å²) in [6.45, 7) is 11.1. The van der Waals surface area contributed by atoms with Crippen LogP contribution in [0.15, 0.2) is 9.95 Å². The second kappa shape index (κ2) is 12.0. The van der Waals surface area contributed by atoms with Gasteiger partial charge in [0.25, 0.3) is 5.56 Å². The van der Waals surface area contributed by atoms with E-state index in [4.69, 9.17) is 4.98 Å². The Balaban J connectivity index is 1.38. The topological polar surface area (TPSA) is 87.8 Å². The lowest BCUT2D eigenvalue weighted by atomic mass is 9.69. The van der Waals surface area contributed by atoms with E-state index in [-0.39, 0.29) is 28.7 Å². The van der Waals surface area contributed by atoms with E-state index in [9.17, 15) is 14.9 Å². The van der Waals surface area contributed by atoms with Gasteiger partial charge in [0.15, 0.2) is 5.16 Å². The van der Waals surface area contributed by atoms with Gasteiger partial charge >= 0.3 is 0 Å². The Labute approximate surface area is 249 Å². The molecule has 1 N–H and O–H groups in total. The third-order valence-corrected chi connectivity index (χ3v) is 12.8. The molecule has 5 rings (SSSR count). The van der Waals surface area contributed by atoms with Crippen molar-refractivity contribution in [1.82, 2.24) is 9.55 Å². The summed E-state index contributed by atoms with van der Waals surface area (Å²) in [5.74, 6) is 0.571. The molecule has 2 aliphatic rings. The Morgan fingerprint density at radius 1 is 1.20 bits per heavy atom. The summed E-state index contributed by atoms with van der Waals surface area (Å²) in [7, 11) is 0. The molecule has 0 spiro atoms. The van der Waals surface area contributed by atoms with Gasteiger partial charge in [0.2, 0.25) is 5.91 Å². The standard InChI is InChI=1S/C31H40N4O2S3/c1-6-23-18(3)26-28(39-23)34-30(35(29(26)37)20-11-9-8-10-12-20)38-17-25(36)33-27-22(16-32)21-14-13-19(15-24(21)40-27)31(4,5)7-2/h19-20H,6-15,17H2,1-5H3,(H,33,36)/t19-/m1/s1. The number of rotatable bonds is 8. The zero-order chi connectivity index (χ0) is 28.6. The Kier molecular flexibility index (Phi) is 8.80. The predicted octanol–water partition coefficient (Wildman–Crippen LogP) is 8.04. The first kappa shape index (κ1) is 29.3. The summed E-state index contributed by atoms with van der Waals surface area (Å²) in [6, 6.07) is 2.50. The van der Waals surface area contributed by atoms with E-state index in [2.05, 4.69) is 39.1 Å². The molecule has 3 aromatic rings. The molecule has 2 aliphatic carbocycles. The number of nitriles is 1. The molecule has 0 unspecified atom stereocenters. The van der Waals surface area contributed by atoms with Gasteiger partial charge in [-0.1, -0.05) is 65.1 Å². The molecule has 1 fully saturated rings. The number of nitrogens with zero attached hydrogens (tertiary/aromatic N) is 3. The molecule has 1 amide bonds. The molecule has 9 heteroatoms. The van der Waals surface area contributed by atoms with Crippen molar-refractivity contribution in [3.63, 3.8) is 0 Å². The van der Waals surface area contributed by atoms with Gasteiger partial charge in [-0.3, -0.25) is 14.2 Å². The fourth-order valence-corrected chi connectivity index (χ4v) is 9.68. The number of carbonyl (C=O) groups is 1. The van der Waals surface area contributed by atoms with Gasteiger partial charge in [-0.15, -0.1) is 22.7 Å². The molecule has 40 heavy (non-hydrogen) atoms. The minimum atomic E-state index is -0.160. The van der Waals surface area contributed by atoms with E-state index < -0.39 is 0 Å². The molecule has 3 aromatic heterocycles. The van der Waals surface area contributed by atoms with Crippen molar-refractivity contribution in [1.29, 1.82) is 5.26 Å². The monoisotopic (exact) mass is 596 g/mol. The van der Waals surface area contributed by atoms with Crippen LogP contribution in [0.4, 0.5) is 5.00 Å². The number of fused-ring (bicyclic) bond motifs is 2. The number of nitrogens with one attached hydrogen (secondary N) is 1. The molecule has 0 radical (unpaired) electrons. The van der Waals surface area contributed by atoms with Crippen LogP contribution in [0.1, 0.15) is 105 Å². The number of aromatic nitrogens is 2. The molecule has 0 aliphatic heterocycles. The van der Waals surface area contributed by atoms with E-state index in [1.807, 2.05) is 11.5 Å². The predicted molar refractivity (Wildman–Crippen MR) is 168 cm³/mol. The fourth-order valence-electron chi connectivity index (χ4n) is 6.36. The van der Waals surface area contributed by atoms with Crippen LogP contribution in [0.5, 0.6) is 0 Å². The summed E-state index contributed by atoms with van der Waals surface area (Å²) >= 11 is 4.51. The van der Waals surface area contributed by atoms with Crippen LogP contribution in [0.3, 0.4) is 0 Å². The van der Waals surface area contributed by atoms with Crippen molar-refractivity contribution in [2.45, 2.75) is 110 Å². The third kappa shape index (κ3) is 5.52. The number of hydrogen-bond donors (Lipinski definition) is 1. The normalized spacial score (nSPS) is 18.1. The maximum atomic E-state index is 13.8. The summed E-state index contributed by atoms with van der Waals surface area (Å²) < 4.78 is 1.89. The maximum Gasteiger partial charge on any atom is 0.263 e. The maximum absolute atomic E-state index is 13.8. The van der Waals surface area contributed by atoms with Crippen LogP contribution in [0.2, 0.25) is 0 Å². The molecular weight excluding hydrogens is 557 g/mol. The summed E-state index contributed by atoms with van der Waals surface area (Å²) in [6.07, 6.45) is 10.3. The third-order valence-electron chi connectivity index (χ3n) is 9.30. The SMILES string of the molecule is CCc1sc2nc(SCC(=O)Nc3sc4c(c3C#N)CC[C@@H](C(C)(C)CC)C4)n(C3CCCCC3)c(=O)c2c1C. The van der Waals surface area contributed by atoms with Crippen LogP contribution in [-0.4, -0.2) is 21.2 Å². The Hall–Kier alpha value is -2.15. The zero-order valence-electron chi connectivity index (χ0n) is 24.3.